The van der Waals surface area contributed by atoms with E-state index in [0.717, 1.165) is 59.5 Å². The molecule has 9 heteroatoms. The lowest BCUT2D eigenvalue weighted by atomic mass is 9.97. The number of fused-ring (bicyclic) bond motifs is 1. The molecule has 7 nitrogen and oxygen atoms in total. The number of rotatable bonds is 5. The SMILES string of the molecule is Cc1nn(C(C)c2ccc(Cl)cc2Cl)c2nc(C3=CCN(C(O)C4CCCN4)C(C)C3)cnc12. The summed E-state index contributed by atoms with van der Waals surface area (Å²) < 4.78 is 1.89. The molecule has 2 N–H and O–H groups in total. The average Bonchev–Trinajstić information content (AvgIpc) is 3.46. The second kappa shape index (κ2) is 9.55. The number of benzene rings is 1. The van der Waals surface area contributed by atoms with E-state index in [1.165, 1.54) is 0 Å². The first-order valence-electron chi connectivity index (χ1n) is 11.9. The number of hydrogen-bond donors (Lipinski definition) is 2. The quantitative estimate of drug-likeness (QED) is 0.532. The molecule has 0 saturated carbocycles. The predicted octanol–water partition coefficient (Wildman–Crippen LogP) is 4.60. The second-order valence-electron chi connectivity index (χ2n) is 9.40. The lowest BCUT2D eigenvalue weighted by molar-refractivity contribution is -0.0356. The highest BCUT2D eigenvalue weighted by Gasteiger charge is 2.32. The van der Waals surface area contributed by atoms with E-state index in [-0.39, 0.29) is 18.1 Å². The number of aromatic nitrogens is 4. The Morgan fingerprint density at radius 1 is 1.26 bits per heavy atom. The van der Waals surface area contributed by atoms with Gasteiger partial charge in [-0.1, -0.05) is 35.3 Å². The Hall–Kier alpha value is -2.03. The zero-order chi connectivity index (χ0) is 24.0. The van der Waals surface area contributed by atoms with Crippen LogP contribution in [-0.2, 0) is 0 Å². The number of nitrogens with zero attached hydrogens (tertiary/aromatic N) is 5. The first-order chi connectivity index (χ1) is 16.3. The zero-order valence-corrected chi connectivity index (χ0v) is 21.2. The van der Waals surface area contributed by atoms with Gasteiger partial charge < -0.3 is 10.4 Å². The maximum atomic E-state index is 10.9. The molecule has 2 aromatic heterocycles. The number of aryl methyl sites for hydroxylation is 1. The topological polar surface area (TPSA) is 79.1 Å². The highest BCUT2D eigenvalue weighted by Crippen LogP contribution is 2.32. The van der Waals surface area contributed by atoms with Crippen LogP contribution in [0.2, 0.25) is 10.0 Å². The summed E-state index contributed by atoms with van der Waals surface area (Å²) in [5.74, 6) is 0. The fraction of sp³-hybridized carbons (Fsp3) is 0.480. The molecule has 1 saturated heterocycles. The Bertz CT molecular complexity index is 1240. The molecule has 4 atom stereocenters. The summed E-state index contributed by atoms with van der Waals surface area (Å²) in [6.45, 7) is 7.82. The fourth-order valence-corrected chi connectivity index (χ4v) is 5.70. The minimum absolute atomic E-state index is 0.130. The van der Waals surface area contributed by atoms with Crippen LogP contribution in [0.25, 0.3) is 16.7 Å². The van der Waals surface area contributed by atoms with Crippen LogP contribution < -0.4 is 5.32 Å². The zero-order valence-electron chi connectivity index (χ0n) is 19.7. The van der Waals surface area contributed by atoms with Crippen molar-refractivity contribution in [3.63, 3.8) is 0 Å². The monoisotopic (exact) mass is 500 g/mol. The van der Waals surface area contributed by atoms with Crippen molar-refractivity contribution in [1.82, 2.24) is 30.0 Å². The summed E-state index contributed by atoms with van der Waals surface area (Å²) in [6, 6.07) is 5.74. The highest BCUT2D eigenvalue weighted by molar-refractivity contribution is 6.35. The molecule has 5 rings (SSSR count). The first kappa shape index (κ1) is 23.7. The molecule has 180 valence electrons. The molecule has 3 aromatic rings. The molecule has 2 aliphatic rings. The molecule has 0 spiro atoms. The fourth-order valence-electron chi connectivity index (χ4n) is 5.14. The number of aliphatic hydroxyl groups is 1. The third-order valence-electron chi connectivity index (χ3n) is 7.11. The van der Waals surface area contributed by atoms with E-state index in [9.17, 15) is 5.11 Å². The Balaban J connectivity index is 1.45. The van der Waals surface area contributed by atoms with E-state index in [4.69, 9.17) is 38.3 Å². The standard InChI is InChI=1S/C25H30Cl2N6O/c1-14-11-17(8-10-32(14)25(34)21-5-4-9-28-21)22-13-29-23-15(2)31-33(24(23)30-22)16(3)19-7-6-18(26)12-20(19)27/h6-8,12-14,16,21,25,28,34H,4-5,9-11H2,1-3H3. The predicted molar refractivity (Wildman–Crippen MR) is 136 cm³/mol. The normalized spacial score (nSPS) is 23.3. The molecule has 4 unspecified atom stereocenters. The van der Waals surface area contributed by atoms with E-state index < -0.39 is 6.23 Å². The summed E-state index contributed by atoms with van der Waals surface area (Å²) in [4.78, 5) is 11.9. The van der Waals surface area contributed by atoms with Crippen molar-refractivity contribution in [2.45, 2.75) is 64.4 Å². The van der Waals surface area contributed by atoms with Gasteiger partial charge in [-0.3, -0.25) is 4.90 Å². The Labute approximate surface area is 209 Å². The Morgan fingerprint density at radius 3 is 2.79 bits per heavy atom. The van der Waals surface area contributed by atoms with Crippen molar-refractivity contribution >= 4 is 39.9 Å². The molecule has 0 bridgehead atoms. The number of aliphatic hydroxyl groups excluding tert-OH is 1. The molecule has 1 aromatic carbocycles. The third-order valence-corrected chi connectivity index (χ3v) is 7.67. The molecule has 0 amide bonds. The maximum Gasteiger partial charge on any atom is 0.178 e. The van der Waals surface area contributed by atoms with Gasteiger partial charge in [0, 0.05) is 28.7 Å². The van der Waals surface area contributed by atoms with Gasteiger partial charge in [0.15, 0.2) is 5.65 Å². The van der Waals surface area contributed by atoms with Crippen LogP contribution in [0.15, 0.2) is 30.5 Å². The molecular weight excluding hydrogens is 471 g/mol. The summed E-state index contributed by atoms with van der Waals surface area (Å²) in [7, 11) is 0. The largest absolute Gasteiger partial charge is 0.377 e. The van der Waals surface area contributed by atoms with Gasteiger partial charge in [0.05, 0.1) is 23.6 Å². The van der Waals surface area contributed by atoms with Crippen molar-refractivity contribution < 1.29 is 5.11 Å². The smallest absolute Gasteiger partial charge is 0.178 e. The summed E-state index contributed by atoms with van der Waals surface area (Å²) in [6.07, 6.45) is 6.47. The summed E-state index contributed by atoms with van der Waals surface area (Å²) in [5.41, 5.74) is 5.28. The van der Waals surface area contributed by atoms with Gasteiger partial charge >= 0.3 is 0 Å². The Kier molecular flexibility index (Phi) is 6.66. The third kappa shape index (κ3) is 4.36. The van der Waals surface area contributed by atoms with Crippen molar-refractivity contribution in [2.75, 3.05) is 13.1 Å². The van der Waals surface area contributed by atoms with E-state index in [1.54, 1.807) is 6.07 Å². The molecule has 4 heterocycles. The van der Waals surface area contributed by atoms with Gasteiger partial charge in [-0.05, 0) is 69.8 Å². The number of nitrogens with one attached hydrogen (secondary N) is 1. The highest BCUT2D eigenvalue weighted by atomic mass is 35.5. The van der Waals surface area contributed by atoms with Gasteiger partial charge in [-0.25, -0.2) is 14.6 Å². The van der Waals surface area contributed by atoms with Crippen molar-refractivity contribution in [3.8, 4) is 0 Å². The minimum atomic E-state index is -0.474. The maximum absolute atomic E-state index is 10.9. The van der Waals surface area contributed by atoms with Crippen LogP contribution in [0.1, 0.15) is 56.1 Å². The van der Waals surface area contributed by atoms with Crippen molar-refractivity contribution in [2.24, 2.45) is 0 Å². The van der Waals surface area contributed by atoms with Crippen molar-refractivity contribution in [3.05, 3.63) is 57.5 Å². The molecule has 0 radical (unpaired) electrons. The lowest BCUT2D eigenvalue weighted by Crippen LogP contribution is -2.52. The number of hydrogen-bond acceptors (Lipinski definition) is 6. The van der Waals surface area contributed by atoms with Crippen LogP contribution in [0.4, 0.5) is 0 Å². The molecule has 0 aliphatic carbocycles. The van der Waals surface area contributed by atoms with Crippen molar-refractivity contribution in [1.29, 1.82) is 0 Å². The van der Waals surface area contributed by atoms with Gasteiger partial charge in [0.2, 0.25) is 0 Å². The van der Waals surface area contributed by atoms with E-state index >= 15 is 0 Å². The summed E-state index contributed by atoms with van der Waals surface area (Å²) >= 11 is 12.6. The minimum Gasteiger partial charge on any atom is -0.377 e. The lowest BCUT2D eigenvalue weighted by Gasteiger charge is -2.38. The van der Waals surface area contributed by atoms with Gasteiger partial charge in [0.25, 0.3) is 0 Å². The second-order valence-corrected chi connectivity index (χ2v) is 10.2. The molecule has 2 aliphatic heterocycles. The van der Waals surface area contributed by atoms with Gasteiger partial charge in [-0.15, -0.1) is 0 Å². The van der Waals surface area contributed by atoms with E-state index in [1.807, 2.05) is 36.9 Å². The van der Waals surface area contributed by atoms with Crippen LogP contribution in [0, 0.1) is 6.92 Å². The number of halogens is 2. The van der Waals surface area contributed by atoms with E-state index in [2.05, 4.69) is 23.2 Å². The first-order valence-corrected chi connectivity index (χ1v) is 12.6. The van der Waals surface area contributed by atoms with Crippen LogP contribution in [0.3, 0.4) is 0 Å². The molecule has 34 heavy (non-hydrogen) atoms. The molecular formula is C25H30Cl2N6O. The van der Waals surface area contributed by atoms with E-state index in [0.29, 0.717) is 16.6 Å². The molecule has 1 fully saturated rings. The van der Waals surface area contributed by atoms with Gasteiger partial charge in [-0.2, -0.15) is 5.10 Å². The Morgan fingerprint density at radius 2 is 2.09 bits per heavy atom. The van der Waals surface area contributed by atoms with Crippen LogP contribution in [0.5, 0.6) is 0 Å². The van der Waals surface area contributed by atoms with Crippen LogP contribution in [-0.4, -0.2) is 61.2 Å². The summed E-state index contributed by atoms with van der Waals surface area (Å²) in [5, 5.41) is 20.2. The van der Waals surface area contributed by atoms with Gasteiger partial charge in [0.1, 0.15) is 11.7 Å². The average molecular weight is 501 g/mol. The van der Waals surface area contributed by atoms with Crippen LogP contribution >= 0.6 is 23.2 Å².